The predicted molar refractivity (Wildman–Crippen MR) is 109 cm³/mol. The van der Waals surface area contributed by atoms with Gasteiger partial charge in [0.1, 0.15) is 17.2 Å². The van der Waals surface area contributed by atoms with Crippen LogP contribution >= 0.6 is 11.6 Å². The van der Waals surface area contributed by atoms with Gasteiger partial charge in [-0.25, -0.2) is 4.79 Å². The zero-order valence-corrected chi connectivity index (χ0v) is 16.4. The molecule has 1 fully saturated rings. The van der Waals surface area contributed by atoms with E-state index in [2.05, 4.69) is 11.2 Å². The topological polar surface area (TPSA) is 71.6 Å². The first-order valence-corrected chi connectivity index (χ1v) is 9.80. The number of carbonyl (C=O) groups is 1. The number of carboxylic acid groups (broad SMARTS) is 1. The van der Waals surface area contributed by atoms with Gasteiger partial charge in [-0.05, 0) is 54.7 Å². The van der Waals surface area contributed by atoms with Gasteiger partial charge in [-0.3, -0.25) is 0 Å². The first-order valence-electron chi connectivity index (χ1n) is 9.42. The summed E-state index contributed by atoms with van der Waals surface area (Å²) < 4.78 is 11.3. The van der Waals surface area contributed by atoms with Gasteiger partial charge in [-0.1, -0.05) is 30.9 Å². The second-order valence-electron chi connectivity index (χ2n) is 7.36. The summed E-state index contributed by atoms with van der Waals surface area (Å²) in [5.41, 5.74) is 3.20. The molecular formula is C22H22ClNO4. The van der Waals surface area contributed by atoms with Gasteiger partial charge in [-0.15, -0.1) is 0 Å². The van der Waals surface area contributed by atoms with Crippen LogP contribution in [0.2, 0.25) is 5.02 Å². The van der Waals surface area contributed by atoms with Gasteiger partial charge in [0.2, 0.25) is 0 Å². The van der Waals surface area contributed by atoms with Crippen LogP contribution < -0.4 is 9.47 Å². The van der Waals surface area contributed by atoms with Crippen LogP contribution in [0.25, 0.3) is 10.9 Å². The number of benzene rings is 2. The minimum atomic E-state index is -1.04. The maximum Gasteiger partial charge on any atom is 0.341 e. The number of hydrogen-bond acceptors (Lipinski definition) is 3. The summed E-state index contributed by atoms with van der Waals surface area (Å²) in [6, 6.07) is 9.27. The summed E-state index contributed by atoms with van der Waals surface area (Å²) in [5, 5.41) is 10.3. The van der Waals surface area contributed by atoms with Crippen LogP contribution in [-0.2, 0) is 11.2 Å². The minimum Gasteiger partial charge on any atom is -0.482 e. The van der Waals surface area contributed by atoms with Gasteiger partial charge >= 0.3 is 5.97 Å². The van der Waals surface area contributed by atoms with Crippen molar-refractivity contribution in [2.75, 3.05) is 6.61 Å². The van der Waals surface area contributed by atoms with E-state index in [0.29, 0.717) is 22.3 Å². The van der Waals surface area contributed by atoms with Crippen LogP contribution in [0.5, 0.6) is 17.2 Å². The molecule has 0 atom stereocenters. The Morgan fingerprint density at radius 1 is 1.25 bits per heavy atom. The van der Waals surface area contributed by atoms with Crippen molar-refractivity contribution >= 4 is 28.5 Å². The molecule has 146 valence electrons. The Balaban J connectivity index is 1.57. The number of halogens is 1. The predicted octanol–water partition coefficient (Wildman–Crippen LogP) is 5.73. The molecule has 2 aromatic carbocycles. The van der Waals surface area contributed by atoms with E-state index in [1.54, 1.807) is 12.1 Å². The molecule has 1 aromatic heterocycles. The molecule has 0 aliphatic heterocycles. The maximum absolute atomic E-state index is 10.7. The molecule has 2 N–H and O–H groups in total. The number of rotatable bonds is 7. The summed E-state index contributed by atoms with van der Waals surface area (Å²) in [6.07, 6.45) is 7.16. The second kappa shape index (κ2) is 7.76. The van der Waals surface area contributed by atoms with Crippen molar-refractivity contribution in [3.63, 3.8) is 0 Å². The molecule has 28 heavy (non-hydrogen) atoms. The van der Waals surface area contributed by atoms with Gasteiger partial charge in [0.25, 0.3) is 0 Å². The Kier molecular flexibility index (Phi) is 5.18. The van der Waals surface area contributed by atoms with Crippen molar-refractivity contribution in [2.45, 2.75) is 32.6 Å². The number of aromatic nitrogens is 1. The second-order valence-corrected chi connectivity index (χ2v) is 7.77. The Labute approximate surface area is 168 Å². The van der Waals surface area contributed by atoms with Crippen molar-refractivity contribution in [3.8, 4) is 17.2 Å². The van der Waals surface area contributed by atoms with E-state index < -0.39 is 12.6 Å². The summed E-state index contributed by atoms with van der Waals surface area (Å²) in [5.74, 6) is 1.41. The van der Waals surface area contributed by atoms with E-state index in [1.807, 2.05) is 25.1 Å². The maximum atomic E-state index is 10.7. The van der Waals surface area contributed by atoms with Crippen LogP contribution in [-0.4, -0.2) is 22.7 Å². The highest BCUT2D eigenvalue weighted by atomic mass is 35.5. The zero-order chi connectivity index (χ0) is 19.7. The van der Waals surface area contributed by atoms with Gasteiger partial charge in [0.05, 0.1) is 5.02 Å². The number of H-pyrrole nitrogens is 1. The molecule has 0 saturated heterocycles. The third-order valence-corrected chi connectivity index (χ3v) is 5.54. The van der Waals surface area contributed by atoms with E-state index in [4.69, 9.17) is 26.2 Å². The molecule has 0 bridgehead atoms. The van der Waals surface area contributed by atoms with Gasteiger partial charge < -0.3 is 19.6 Å². The van der Waals surface area contributed by atoms with E-state index in [-0.39, 0.29) is 0 Å². The summed E-state index contributed by atoms with van der Waals surface area (Å²) >= 11 is 6.36. The van der Waals surface area contributed by atoms with Crippen LogP contribution in [0.4, 0.5) is 0 Å². The fraction of sp³-hybridized carbons (Fsp3) is 0.318. The Bertz CT molecular complexity index is 1000. The normalized spacial score (nSPS) is 14.1. The van der Waals surface area contributed by atoms with Crippen LogP contribution in [0, 0.1) is 12.8 Å². The number of aromatic amines is 1. The highest BCUT2D eigenvalue weighted by Gasteiger charge is 2.19. The lowest BCUT2D eigenvalue weighted by atomic mass is 9.81. The number of aliphatic carboxylic acids is 1. The van der Waals surface area contributed by atoms with Crippen LogP contribution in [0.1, 0.15) is 30.4 Å². The molecule has 1 aliphatic rings. The van der Waals surface area contributed by atoms with Gasteiger partial charge in [-0.2, -0.15) is 0 Å². The smallest absolute Gasteiger partial charge is 0.341 e. The van der Waals surface area contributed by atoms with Gasteiger partial charge in [0, 0.05) is 23.2 Å². The Hall–Kier alpha value is -2.66. The molecule has 0 amide bonds. The average molecular weight is 400 g/mol. The molecule has 0 radical (unpaired) electrons. The third kappa shape index (κ3) is 3.94. The van der Waals surface area contributed by atoms with Crippen molar-refractivity contribution in [1.82, 2.24) is 4.98 Å². The lowest BCUT2D eigenvalue weighted by Gasteiger charge is -2.24. The van der Waals surface area contributed by atoms with E-state index >= 15 is 0 Å². The quantitative estimate of drug-likeness (QED) is 0.532. The average Bonchev–Trinajstić information content (AvgIpc) is 3.01. The van der Waals surface area contributed by atoms with E-state index in [9.17, 15) is 4.79 Å². The molecule has 0 unspecified atom stereocenters. The molecule has 0 spiro atoms. The SMILES string of the molecule is Cc1cc(OCC(=O)O)cc(Cl)c1Oc1ccc2[nH]cc(CC3CCC3)c2c1. The molecule has 4 rings (SSSR count). The highest BCUT2D eigenvalue weighted by molar-refractivity contribution is 6.32. The molecule has 1 saturated carbocycles. The lowest BCUT2D eigenvalue weighted by molar-refractivity contribution is -0.139. The fourth-order valence-electron chi connectivity index (χ4n) is 3.57. The standard InChI is InChI=1S/C22H22ClNO4/c1-13-7-17(27-12-21(25)26)10-19(23)22(13)28-16-5-6-20-18(9-16)15(11-24-20)8-14-3-2-4-14/h5-7,9-11,14,24H,2-4,8,12H2,1H3,(H,25,26). The molecule has 3 aromatic rings. The monoisotopic (exact) mass is 399 g/mol. The molecule has 1 aliphatic carbocycles. The van der Waals surface area contributed by atoms with E-state index in [1.165, 1.54) is 30.2 Å². The summed E-state index contributed by atoms with van der Waals surface area (Å²) in [4.78, 5) is 14.0. The largest absolute Gasteiger partial charge is 0.482 e. The number of ether oxygens (including phenoxy) is 2. The molecule has 1 heterocycles. The number of nitrogens with one attached hydrogen (secondary N) is 1. The third-order valence-electron chi connectivity index (χ3n) is 5.26. The van der Waals surface area contributed by atoms with Crippen molar-refractivity contribution in [1.29, 1.82) is 0 Å². The minimum absolute atomic E-state index is 0.379. The molecular weight excluding hydrogens is 378 g/mol. The number of carboxylic acids is 1. The van der Waals surface area contributed by atoms with Crippen molar-refractivity contribution < 1.29 is 19.4 Å². The van der Waals surface area contributed by atoms with Crippen molar-refractivity contribution in [3.05, 3.63) is 52.7 Å². The van der Waals surface area contributed by atoms with Crippen LogP contribution in [0.15, 0.2) is 36.5 Å². The lowest BCUT2D eigenvalue weighted by Crippen LogP contribution is -2.13. The Morgan fingerprint density at radius 3 is 2.75 bits per heavy atom. The molecule has 6 heteroatoms. The number of hydrogen-bond donors (Lipinski definition) is 2. The number of fused-ring (bicyclic) bond motifs is 1. The fourth-order valence-corrected chi connectivity index (χ4v) is 3.87. The highest BCUT2D eigenvalue weighted by Crippen LogP contribution is 2.38. The zero-order valence-electron chi connectivity index (χ0n) is 15.6. The first-order chi connectivity index (χ1) is 13.5. The van der Waals surface area contributed by atoms with Crippen LogP contribution in [0.3, 0.4) is 0 Å². The Morgan fingerprint density at radius 2 is 2.07 bits per heavy atom. The molecule has 5 nitrogen and oxygen atoms in total. The van der Waals surface area contributed by atoms with Gasteiger partial charge in [0.15, 0.2) is 6.61 Å². The van der Waals surface area contributed by atoms with E-state index in [0.717, 1.165) is 23.4 Å². The van der Waals surface area contributed by atoms with Crippen molar-refractivity contribution in [2.24, 2.45) is 5.92 Å². The first kappa shape index (κ1) is 18.7. The summed E-state index contributed by atoms with van der Waals surface area (Å²) in [6.45, 7) is 1.44. The number of aryl methyl sites for hydroxylation is 1. The summed E-state index contributed by atoms with van der Waals surface area (Å²) in [7, 11) is 0.